The number of aromatic nitrogens is 2. The normalized spacial score (nSPS) is 11.3. The zero-order chi connectivity index (χ0) is 27.9. The van der Waals surface area contributed by atoms with E-state index in [-0.39, 0.29) is 0 Å². The molecule has 2 heterocycles. The minimum absolute atomic E-state index is 0.980. The lowest BCUT2D eigenvalue weighted by atomic mass is 9.82. The summed E-state index contributed by atoms with van der Waals surface area (Å²) >= 11 is 0. The molecule has 0 amide bonds. The van der Waals surface area contributed by atoms with Crippen LogP contribution >= 0.6 is 0 Å². The maximum Gasteiger partial charge on any atom is 0.0701 e. The molecule has 0 saturated carbocycles. The Bertz CT molecular complexity index is 2160. The van der Waals surface area contributed by atoms with E-state index < -0.39 is 0 Å². The van der Waals surface area contributed by atoms with Gasteiger partial charge in [0.25, 0.3) is 0 Å². The molecule has 2 heteroatoms. The Kier molecular flexibility index (Phi) is 5.82. The second-order valence-corrected chi connectivity index (χ2v) is 10.6. The van der Waals surface area contributed by atoms with Gasteiger partial charge in [-0.1, -0.05) is 121 Å². The molecule has 2 aromatic heterocycles. The lowest BCUT2D eigenvalue weighted by Gasteiger charge is -2.21. The van der Waals surface area contributed by atoms with Crippen molar-refractivity contribution >= 4 is 32.3 Å². The molecular weight excluding hydrogens is 508 g/mol. The Morgan fingerprint density at radius 3 is 1.62 bits per heavy atom. The number of hydrogen-bond acceptors (Lipinski definition) is 2. The summed E-state index contributed by atoms with van der Waals surface area (Å²) in [4.78, 5) is 9.03. The van der Waals surface area contributed by atoms with E-state index in [0.717, 1.165) is 16.8 Å². The van der Waals surface area contributed by atoms with E-state index in [9.17, 15) is 0 Å². The molecule has 196 valence electrons. The van der Waals surface area contributed by atoms with E-state index in [1.54, 1.807) is 0 Å². The van der Waals surface area contributed by atoms with Gasteiger partial charge in [0, 0.05) is 29.7 Å². The number of pyridine rings is 2. The molecule has 2 nitrogen and oxygen atoms in total. The summed E-state index contributed by atoms with van der Waals surface area (Å²) in [5.41, 5.74) is 9.33. The molecule has 0 aliphatic heterocycles. The summed E-state index contributed by atoms with van der Waals surface area (Å²) in [7, 11) is 0. The molecule has 6 aromatic carbocycles. The van der Waals surface area contributed by atoms with E-state index in [1.165, 1.54) is 60.1 Å². The molecule has 0 aliphatic rings. The van der Waals surface area contributed by atoms with Crippen LogP contribution in [0, 0.1) is 0 Å². The van der Waals surface area contributed by atoms with Crippen molar-refractivity contribution in [3.8, 4) is 44.6 Å². The van der Waals surface area contributed by atoms with Crippen molar-refractivity contribution in [3.63, 3.8) is 0 Å². The van der Waals surface area contributed by atoms with E-state index in [1.807, 2.05) is 36.8 Å². The highest BCUT2D eigenvalue weighted by atomic mass is 14.7. The van der Waals surface area contributed by atoms with Crippen LogP contribution in [0.25, 0.3) is 77.0 Å². The van der Waals surface area contributed by atoms with E-state index >= 15 is 0 Å². The third-order valence-corrected chi connectivity index (χ3v) is 8.22. The molecule has 0 bridgehead atoms. The molecule has 8 rings (SSSR count). The van der Waals surface area contributed by atoms with Crippen molar-refractivity contribution in [2.45, 2.75) is 0 Å². The topological polar surface area (TPSA) is 25.8 Å². The summed E-state index contributed by atoms with van der Waals surface area (Å²) < 4.78 is 0. The zero-order valence-corrected chi connectivity index (χ0v) is 22.9. The minimum atomic E-state index is 0.980. The second kappa shape index (κ2) is 10.1. The first kappa shape index (κ1) is 24.2. The maximum atomic E-state index is 4.55. The van der Waals surface area contributed by atoms with Crippen LogP contribution < -0.4 is 0 Å². The minimum Gasteiger partial charge on any atom is -0.264 e. The van der Waals surface area contributed by atoms with Gasteiger partial charge in [-0.05, 0) is 78.3 Å². The van der Waals surface area contributed by atoms with Gasteiger partial charge in [-0.3, -0.25) is 9.97 Å². The quantitative estimate of drug-likeness (QED) is 0.210. The first-order valence-electron chi connectivity index (χ1n) is 14.2. The van der Waals surface area contributed by atoms with Gasteiger partial charge < -0.3 is 0 Å². The van der Waals surface area contributed by atoms with Crippen LogP contribution in [0.4, 0.5) is 0 Å². The highest BCUT2D eigenvalue weighted by Gasteiger charge is 2.20. The number of benzene rings is 6. The lowest BCUT2D eigenvalue weighted by molar-refractivity contribution is 1.33. The second-order valence-electron chi connectivity index (χ2n) is 10.6. The van der Waals surface area contributed by atoms with Crippen LogP contribution in [0.5, 0.6) is 0 Å². The van der Waals surface area contributed by atoms with Crippen LogP contribution in [0.3, 0.4) is 0 Å². The summed E-state index contributed by atoms with van der Waals surface area (Å²) in [5.74, 6) is 0. The Hall–Kier alpha value is -5.60. The molecule has 0 spiro atoms. The molecule has 0 unspecified atom stereocenters. The fourth-order valence-corrected chi connectivity index (χ4v) is 6.35. The maximum absolute atomic E-state index is 4.55. The molecule has 42 heavy (non-hydrogen) atoms. The zero-order valence-electron chi connectivity index (χ0n) is 22.9. The number of fused-ring (bicyclic) bond motifs is 3. The van der Waals surface area contributed by atoms with Gasteiger partial charge in [0.1, 0.15) is 0 Å². The molecule has 0 saturated heterocycles. The van der Waals surface area contributed by atoms with Gasteiger partial charge in [0.05, 0.1) is 5.69 Å². The molecule has 8 aromatic rings. The Morgan fingerprint density at radius 1 is 0.357 bits per heavy atom. The third-order valence-electron chi connectivity index (χ3n) is 8.22. The van der Waals surface area contributed by atoms with Crippen molar-refractivity contribution < 1.29 is 0 Å². The van der Waals surface area contributed by atoms with Crippen LogP contribution in [-0.4, -0.2) is 9.97 Å². The summed E-state index contributed by atoms with van der Waals surface area (Å²) in [6, 6.07) is 49.9. The lowest BCUT2D eigenvalue weighted by Crippen LogP contribution is -1.94. The highest BCUT2D eigenvalue weighted by molar-refractivity contribution is 6.25. The number of nitrogens with zero attached hydrogens (tertiary/aromatic N) is 2. The number of rotatable bonds is 4. The third kappa shape index (κ3) is 3.96. The fourth-order valence-electron chi connectivity index (χ4n) is 6.35. The van der Waals surface area contributed by atoms with Gasteiger partial charge in [0.2, 0.25) is 0 Å². The monoisotopic (exact) mass is 534 g/mol. The number of hydrogen-bond donors (Lipinski definition) is 0. The average molecular weight is 535 g/mol. The standard InChI is InChI=1S/C40H26N2/c1-2-12-31-27(10-1)22-23-32(30-11-9-24-41-26-30)39(31)40-35-15-5-3-13-33(35)38(34-14-4-6-16-36(34)40)29-20-18-28(19-21-29)37-17-7-8-25-42-37/h1-26H. The summed E-state index contributed by atoms with van der Waals surface area (Å²) in [5, 5.41) is 7.41. The van der Waals surface area contributed by atoms with Gasteiger partial charge >= 0.3 is 0 Å². The van der Waals surface area contributed by atoms with Crippen LogP contribution in [0.2, 0.25) is 0 Å². The molecular formula is C40H26N2. The molecule has 0 N–H and O–H groups in total. The van der Waals surface area contributed by atoms with Gasteiger partial charge in [-0.25, -0.2) is 0 Å². The van der Waals surface area contributed by atoms with Crippen LogP contribution in [0.1, 0.15) is 0 Å². The van der Waals surface area contributed by atoms with Gasteiger partial charge in [-0.2, -0.15) is 0 Å². The summed E-state index contributed by atoms with van der Waals surface area (Å²) in [6.45, 7) is 0. The van der Waals surface area contributed by atoms with Crippen LogP contribution in [0.15, 0.2) is 158 Å². The van der Waals surface area contributed by atoms with Gasteiger partial charge in [-0.15, -0.1) is 0 Å². The Labute approximate surface area is 244 Å². The van der Waals surface area contributed by atoms with Crippen LogP contribution in [-0.2, 0) is 0 Å². The van der Waals surface area contributed by atoms with E-state index in [2.05, 4.69) is 131 Å². The largest absolute Gasteiger partial charge is 0.264 e. The SMILES string of the molecule is c1ccc(-c2ccc(-c3c4ccccc4c(-c4c(-c5cccnc5)ccc5ccccc45)c4ccccc34)cc2)nc1. The predicted molar refractivity (Wildman–Crippen MR) is 176 cm³/mol. The summed E-state index contributed by atoms with van der Waals surface area (Å²) in [6.07, 6.45) is 5.65. The van der Waals surface area contributed by atoms with Crippen molar-refractivity contribution in [2.24, 2.45) is 0 Å². The van der Waals surface area contributed by atoms with E-state index in [0.29, 0.717) is 0 Å². The predicted octanol–water partition coefficient (Wildman–Crippen LogP) is 10.6. The highest BCUT2D eigenvalue weighted by Crippen LogP contribution is 2.48. The van der Waals surface area contributed by atoms with Crippen molar-refractivity contribution in [1.29, 1.82) is 0 Å². The molecule has 0 atom stereocenters. The van der Waals surface area contributed by atoms with Crippen molar-refractivity contribution in [1.82, 2.24) is 9.97 Å². The smallest absolute Gasteiger partial charge is 0.0701 e. The fraction of sp³-hybridized carbons (Fsp3) is 0. The van der Waals surface area contributed by atoms with Gasteiger partial charge in [0.15, 0.2) is 0 Å². The first-order valence-corrected chi connectivity index (χ1v) is 14.2. The first-order chi connectivity index (χ1) is 20.9. The molecule has 0 radical (unpaired) electrons. The van der Waals surface area contributed by atoms with Crippen molar-refractivity contribution in [3.05, 3.63) is 158 Å². The Morgan fingerprint density at radius 2 is 0.976 bits per heavy atom. The molecule has 0 fully saturated rings. The van der Waals surface area contributed by atoms with E-state index in [4.69, 9.17) is 0 Å². The average Bonchev–Trinajstić information content (AvgIpc) is 3.08. The molecule has 0 aliphatic carbocycles. The Balaban J connectivity index is 1.47. The van der Waals surface area contributed by atoms with Crippen molar-refractivity contribution in [2.75, 3.05) is 0 Å².